The molecule has 2 aliphatic carbocycles. The van der Waals surface area contributed by atoms with Crippen LogP contribution in [0, 0.1) is 0 Å². The Morgan fingerprint density at radius 2 is 1.56 bits per heavy atom. The van der Waals surface area contributed by atoms with Crippen LogP contribution in [0.1, 0.15) is 90.5 Å². The number of phenolic OH excluding ortho intramolecular Hbond substituents is 1. The number of carbonyl (C=O) groups excluding carboxylic acids is 1. The van der Waals surface area contributed by atoms with Gasteiger partial charge < -0.3 is 25.6 Å². The summed E-state index contributed by atoms with van der Waals surface area (Å²) in [7, 11) is 0. The molecule has 0 bridgehead atoms. The zero-order chi connectivity index (χ0) is 25.1. The zero-order valence-corrected chi connectivity index (χ0v) is 21.5. The number of benzene rings is 1. The fraction of sp³-hybridized carbons (Fsp3) is 0.692. The highest BCUT2D eigenvalue weighted by molar-refractivity contribution is 6.32. The van der Waals surface area contributed by atoms with Crippen LogP contribution in [0.3, 0.4) is 0 Å². The van der Waals surface area contributed by atoms with Crippen molar-refractivity contribution in [1.82, 2.24) is 10.6 Å². The Kier molecular flexibility index (Phi) is 11.5. The molecule has 3 rings (SSSR count). The first-order valence-corrected chi connectivity index (χ1v) is 12.9. The van der Waals surface area contributed by atoms with Gasteiger partial charge in [-0.05, 0) is 64.2 Å². The van der Waals surface area contributed by atoms with Gasteiger partial charge in [0.05, 0.1) is 5.02 Å². The molecule has 1 atom stereocenters. The van der Waals surface area contributed by atoms with E-state index in [2.05, 4.69) is 10.6 Å². The van der Waals surface area contributed by atoms with Crippen molar-refractivity contribution in [1.29, 1.82) is 0 Å². The van der Waals surface area contributed by atoms with Gasteiger partial charge in [0.2, 0.25) is 0 Å². The first-order valence-electron chi connectivity index (χ1n) is 12.5. The molecule has 1 aromatic carbocycles. The van der Waals surface area contributed by atoms with Crippen molar-refractivity contribution in [2.45, 2.75) is 115 Å². The average molecular weight is 497 g/mol. The van der Waals surface area contributed by atoms with Gasteiger partial charge >= 0.3 is 12.1 Å². The van der Waals surface area contributed by atoms with Crippen LogP contribution in [0.2, 0.25) is 5.02 Å². The van der Waals surface area contributed by atoms with Crippen LogP contribution in [0.25, 0.3) is 0 Å². The molecule has 0 radical (unpaired) electrons. The number of hydrogen-bond acceptors (Lipinski definition) is 5. The number of aromatic hydroxyl groups is 1. The van der Waals surface area contributed by atoms with Gasteiger partial charge in [0.1, 0.15) is 17.4 Å². The molecule has 0 aromatic heterocycles. The van der Waals surface area contributed by atoms with Crippen LogP contribution in [0.15, 0.2) is 18.2 Å². The molecule has 0 saturated heterocycles. The predicted molar refractivity (Wildman–Crippen MR) is 134 cm³/mol. The summed E-state index contributed by atoms with van der Waals surface area (Å²) in [5.74, 6) is -1.28. The largest absolute Gasteiger partial charge is 0.506 e. The number of alkyl carbamates (subject to hydrolysis) is 1. The fourth-order valence-corrected chi connectivity index (χ4v) is 4.64. The Morgan fingerprint density at radius 3 is 2.00 bits per heavy atom. The molecule has 1 aromatic rings. The molecule has 8 heteroatoms. The Hall–Kier alpha value is -1.99. The van der Waals surface area contributed by atoms with Gasteiger partial charge in [-0.1, -0.05) is 56.2 Å². The van der Waals surface area contributed by atoms with Crippen molar-refractivity contribution in [2.75, 3.05) is 0 Å². The molecule has 0 aliphatic heterocycles. The Balaban J connectivity index is 0.000000266. The van der Waals surface area contributed by atoms with Crippen LogP contribution >= 0.6 is 11.6 Å². The number of ether oxygens (including phenoxy) is 1. The monoisotopic (exact) mass is 496 g/mol. The van der Waals surface area contributed by atoms with Gasteiger partial charge in [-0.15, -0.1) is 0 Å². The lowest BCUT2D eigenvalue weighted by atomic mass is 9.91. The SMILES string of the molecule is C1CCC(NC2CCCCC2)CC1.CC(C)(C)OC(=O)NC(Cc1ccc(O)c(Cl)c1)C(=O)O. The maximum Gasteiger partial charge on any atom is 0.408 e. The molecule has 192 valence electrons. The third kappa shape index (κ3) is 11.0. The van der Waals surface area contributed by atoms with E-state index < -0.39 is 23.7 Å². The quantitative estimate of drug-likeness (QED) is 0.396. The van der Waals surface area contributed by atoms with Gasteiger partial charge in [-0.3, -0.25) is 0 Å². The minimum Gasteiger partial charge on any atom is -0.506 e. The second kappa shape index (κ2) is 13.8. The highest BCUT2D eigenvalue weighted by Crippen LogP contribution is 2.24. The van der Waals surface area contributed by atoms with Crippen molar-refractivity contribution in [2.24, 2.45) is 0 Å². The third-order valence-electron chi connectivity index (χ3n) is 6.12. The molecule has 0 heterocycles. The zero-order valence-electron chi connectivity index (χ0n) is 20.7. The summed E-state index contributed by atoms with van der Waals surface area (Å²) in [6, 6.07) is 4.94. The molecule has 2 fully saturated rings. The highest BCUT2D eigenvalue weighted by atomic mass is 35.5. The van der Waals surface area contributed by atoms with E-state index >= 15 is 0 Å². The number of carboxylic acid groups (broad SMARTS) is 1. The van der Waals surface area contributed by atoms with Crippen molar-refractivity contribution in [3.63, 3.8) is 0 Å². The van der Waals surface area contributed by atoms with Crippen LogP contribution in [-0.2, 0) is 16.0 Å². The number of amides is 1. The normalized spacial score (nSPS) is 18.4. The molecule has 2 saturated carbocycles. The standard InChI is InChI=1S/C14H18ClNO5.C12H23N/c1-14(2,3)21-13(20)16-10(12(18)19)7-8-4-5-11(17)9(15)6-8;1-3-7-11(8-4-1)13-12-9-5-2-6-10-12/h4-6,10,17H,7H2,1-3H3,(H,16,20)(H,18,19);11-13H,1-10H2. The van der Waals surface area contributed by atoms with Crippen molar-refractivity contribution < 1.29 is 24.5 Å². The predicted octanol–water partition coefficient (Wildman–Crippen LogP) is 5.81. The van der Waals surface area contributed by atoms with Crippen LogP contribution in [0.5, 0.6) is 5.75 Å². The molecule has 0 spiro atoms. The van der Waals surface area contributed by atoms with E-state index in [9.17, 15) is 14.7 Å². The molecule has 34 heavy (non-hydrogen) atoms. The Morgan fingerprint density at radius 1 is 1.03 bits per heavy atom. The lowest BCUT2D eigenvalue weighted by molar-refractivity contribution is -0.139. The van der Waals surface area contributed by atoms with E-state index in [1.54, 1.807) is 20.8 Å². The molecule has 7 nitrogen and oxygen atoms in total. The summed E-state index contributed by atoms with van der Waals surface area (Å²) < 4.78 is 5.02. The second-order valence-electron chi connectivity index (χ2n) is 10.4. The number of halogens is 1. The third-order valence-corrected chi connectivity index (χ3v) is 6.43. The smallest absolute Gasteiger partial charge is 0.408 e. The van der Waals surface area contributed by atoms with Gasteiger partial charge in [0, 0.05) is 18.5 Å². The molecule has 1 unspecified atom stereocenters. The fourth-order valence-electron chi connectivity index (χ4n) is 4.43. The second-order valence-corrected chi connectivity index (χ2v) is 10.8. The van der Waals surface area contributed by atoms with Crippen LogP contribution in [0.4, 0.5) is 4.79 Å². The van der Waals surface area contributed by atoms with Gasteiger partial charge in [0.25, 0.3) is 0 Å². The summed E-state index contributed by atoms with van der Waals surface area (Å²) in [5.41, 5.74) is -0.143. The number of hydrogen-bond donors (Lipinski definition) is 4. The summed E-state index contributed by atoms with van der Waals surface area (Å²) in [6.07, 6.45) is 13.8. The van der Waals surface area contributed by atoms with Crippen molar-refractivity contribution in [3.05, 3.63) is 28.8 Å². The summed E-state index contributed by atoms with van der Waals surface area (Å²) in [6.45, 7) is 5.05. The summed E-state index contributed by atoms with van der Waals surface area (Å²) >= 11 is 5.76. The van der Waals surface area contributed by atoms with E-state index in [-0.39, 0.29) is 17.2 Å². The van der Waals surface area contributed by atoms with Crippen molar-refractivity contribution >= 4 is 23.7 Å². The number of carbonyl (C=O) groups is 2. The molecule has 4 N–H and O–H groups in total. The topological polar surface area (TPSA) is 108 Å². The number of carboxylic acids is 1. The Bertz CT molecular complexity index is 768. The summed E-state index contributed by atoms with van der Waals surface area (Å²) in [4.78, 5) is 22.8. The van der Waals surface area contributed by atoms with Gasteiger partial charge in [-0.2, -0.15) is 0 Å². The molecular formula is C26H41ClN2O5. The van der Waals surface area contributed by atoms with E-state index in [0.717, 1.165) is 12.1 Å². The van der Waals surface area contributed by atoms with E-state index in [4.69, 9.17) is 21.4 Å². The van der Waals surface area contributed by atoms with Crippen LogP contribution < -0.4 is 10.6 Å². The summed E-state index contributed by atoms with van der Waals surface area (Å²) in [5, 5.41) is 24.7. The number of nitrogens with one attached hydrogen (secondary N) is 2. The minimum absolute atomic E-state index is 0.0224. The van der Waals surface area contributed by atoms with E-state index in [1.807, 2.05) is 0 Å². The average Bonchev–Trinajstić information content (AvgIpc) is 2.76. The first kappa shape index (κ1) is 28.2. The lowest BCUT2D eigenvalue weighted by Crippen LogP contribution is -2.44. The minimum atomic E-state index is -1.19. The first-order chi connectivity index (χ1) is 16.0. The molecule has 1 amide bonds. The molecular weight excluding hydrogens is 456 g/mol. The maximum absolute atomic E-state index is 11.6. The van der Waals surface area contributed by atoms with Gasteiger partial charge in [-0.25, -0.2) is 9.59 Å². The number of phenols is 1. The maximum atomic E-state index is 11.6. The van der Waals surface area contributed by atoms with Crippen molar-refractivity contribution in [3.8, 4) is 5.75 Å². The van der Waals surface area contributed by atoms with E-state index in [1.165, 1.54) is 82.4 Å². The molecule has 2 aliphatic rings. The highest BCUT2D eigenvalue weighted by Gasteiger charge is 2.24. The number of aliphatic carboxylic acids is 1. The Labute approximate surface area is 208 Å². The number of rotatable bonds is 6. The van der Waals surface area contributed by atoms with Gasteiger partial charge in [0.15, 0.2) is 0 Å². The lowest BCUT2D eigenvalue weighted by Gasteiger charge is -2.30. The van der Waals surface area contributed by atoms with E-state index in [0.29, 0.717) is 5.56 Å². The van der Waals surface area contributed by atoms with Crippen LogP contribution in [-0.4, -0.2) is 46.0 Å².